The summed E-state index contributed by atoms with van der Waals surface area (Å²) in [5.74, 6) is 0.703. The number of hydrogen-bond acceptors (Lipinski definition) is 6. The third-order valence-electron chi connectivity index (χ3n) is 6.41. The number of benzene rings is 4. The molecule has 0 spiro atoms. The summed E-state index contributed by atoms with van der Waals surface area (Å²) >= 11 is 3.00. The van der Waals surface area contributed by atoms with E-state index in [2.05, 4.69) is 29.2 Å². The lowest BCUT2D eigenvalue weighted by Gasteiger charge is -2.17. The van der Waals surface area contributed by atoms with Crippen LogP contribution in [0.15, 0.2) is 123 Å². The molecular weight excluding hydrogens is 523 g/mol. The van der Waals surface area contributed by atoms with Crippen molar-refractivity contribution in [2.24, 2.45) is 4.99 Å². The smallest absolute Gasteiger partial charge is 0.274 e. The highest BCUT2D eigenvalue weighted by Gasteiger charge is 2.40. The Morgan fingerprint density at radius 1 is 0.795 bits per heavy atom. The number of amidine groups is 1. The van der Waals surface area contributed by atoms with Crippen LogP contribution in [-0.2, 0) is 4.79 Å². The summed E-state index contributed by atoms with van der Waals surface area (Å²) in [4.78, 5) is 24.3. The van der Waals surface area contributed by atoms with Gasteiger partial charge in [-0.1, -0.05) is 84.6 Å². The van der Waals surface area contributed by atoms with Gasteiger partial charge >= 0.3 is 0 Å². The zero-order valence-corrected chi connectivity index (χ0v) is 23.1. The maximum absolute atomic E-state index is 13.9. The van der Waals surface area contributed by atoms with E-state index in [9.17, 15) is 4.79 Å². The lowest BCUT2D eigenvalue weighted by atomic mass is 10.1. The summed E-state index contributed by atoms with van der Waals surface area (Å²) in [5.41, 5.74) is 4.83. The Hall–Kier alpha value is -4.20. The minimum atomic E-state index is -0.0820. The fraction of sp³-hybridized carbons (Fsp3) is 0.0625. The molecule has 0 bridgehead atoms. The zero-order valence-electron chi connectivity index (χ0n) is 21.4. The van der Waals surface area contributed by atoms with E-state index in [-0.39, 0.29) is 5.91 Å². The van der Waals surface area contributed by atoms with Crippen molar-refractivity contribution < 1.29 is 9.53 Å². The molecule has 4 aromatic carbocycles. The summed E-state index contributed by atoms with van der Waals surface area (Å²) in [7, 11) is 3.64. The van der Waals surface area contributed by atoms with Crippen LogP contribution in [0.1, 0.15) is 11.1 Å². The Bertz CT molecular complexity index is 1610. The third kappa shape index (κ3) is 5.11. The summed E-state index contributed by atoms with van der Waals surface area (Å²) in [5, 5.41) is 1.52. The Kier molecular flexibility index (Phi) is 7.00. The first kappa shape index (κ1) is 25.1. The van der Waals surface area contributed by atoms with Gasteiger partial charge in [-0.25, -0.2) is 4.99 Å². The molecule has 1 amide bonds. The van der Waals surface area contributed by atoms with Gasteiger partial charge in [-0.3, -0.25) is 9.69 Å². The fourth-order valence-corrected chi connectivity index (χ4v) is 6.69. The number of para-hydroxylation sites is 1. The van der Waals surface area contributed by atoms with Gasteiger partial charge in [0.2, 0.25) is 0 Å². The highest BCUT2D eigenvalue weighted by atomic mass is 32.2. The number of rotatable bonds is 5. The summed E-state index contributed by atoms with van der Waals surface area (Å²) in [6, 6.07) is 33.9. The van der Waals surface area contributed by atoms with Gasteiger partial charge in [0.1, 0.15) is 10.7 Å². The van der Waals surface area contributed by atoms with Gasteiger partial charge in [0.15, 0.2) is 5.17 Å². The number of nitrogens with zero attached hydrogens (tertiary/aromatic N) is 3. The molecule has 2 aliphatic rings. The van der Waals surface area contributed by atoms with Crippen molar-refractivity contribution in [1.29, 1.82) is 0 Å². The second-order valence-corrected chi connectivity index (χ2v) is 10.9. The molecule has 0 atom stereocenters. The number of hydrogen-bond donors (Lipinski definition) is 0. The number of thioether (sulfide) groups is 2. The molecule has 192 valence electrons. The predicted octanol–water partition coefficient (Wildman–Crippen LogP) is 8.04. The minimum absolute atomic E-state index is 0.0820. The molecule has 1 fully saturated rings. The summed E-state index contributed by atoms with van der Waals surface area (Å²) in [6.07, 6.45) is 4.17. The first-order chi connectivity index (χ1) is 19.1. The molecule has 5 nitrogen and oxygen atoms in total. The van der Waals surface area contributed by atoms with E-state index in [1.807, 2.05) is 98.0 Å². The van der Waals surface area contributed by atoms with Crippen LogP contribution in [0.5, 0.6) is 5.75 Å². The van der Waals surface area contributed by atoms with Crippen molar-refractivity contribution in [3.8, 4) is 5.75 Å². The van der Waals surface area contributed by atoms with Crippen molar-refractivity contribution in [3.05, 3.63) is 124 Å². The molecule has 0 saturated carbocycles. The number of anilines is 2. The number of methoxy groups -OCH3 is 1. The van der Waals surface area contributed by atoms with E-state index in [1.54, 1.807) is 23.8 Å². The monoisotopic (exact) mass is 547 g/mol. The van der Waals surface area contributed by atoms with E-state index >= 15 is 0 Å². The van der Waals surface area contributed by atoms with Crippen LogP contribution < -0.4 is 14.5 Å². The van der Waals surface area contributed by atoms with Crippen molar-refractivity contribution >= 4 is 63.8 Å². The van der Waals surface area contributed by atoms with Crippen LogP contribution in [0.2, 0.25) is 0 Å². The SMILES string of the molecule is COc1ccc2c(c1)N(C)/C(=C1/SC(=Nc3ccc(/C=C/c4ccccc4)cc3)N(c3ccccc3)C1=O)S2. The number of ether oxygens (including phenoxy) is 1. The van der Waals surface area contributed by atoms with Crippen molar-refractivity contribution in [2.75, 3.05) is 24.0 Å². The van der Waals surface area contributed by atoms with Crippen molar-refractivity contribution in [2.45, 2.75) is 4.90 Å². The van der Waals surface area contributed by atoms with Gasteiger partial charge in [0.05, 0.1) is 29.2 Å². The van der Waals surface area contributed by atoms with E-state index in [1.165, 1.54) is 11.8 Å². The van der Waals surface area contributed by atoms with Crippen LogP contribution in [0.25, 0.3) is 12.2 Å². The Balaban J connectivity index is 1.33. The van der Waals surface area contributed by atoms with E-state index in [4.69, 9.17) is 9.73 Å². The molecule has 0 radical (unpaired) electrons. The van der Waals surface area contributed by atoms with Gasteiger partial charge in [0, 0.05) is 18.0 Å². The van der Waals surface area contributed by atoms with E-state index in [0.29, 0.717) is 10.1 Å². The molecule has 7 heteroatoms. The first-order valence-electron chi connectivity index (χ1n) is 12.4. The van der Waals surface area contributed by atoms with E-state index in [0.717, 1.165) is 43.9 Å². The largest absolute Gasteiger partial charge is 0.497 e. The molecule has 1 saturated heterocycles. The van der Waals surface area contributed by atoms with E-state index < -0.39 is 0 Å². The first-order valence-corrected chi connectivity index (χ1v) is 14.1. The number of carbonyl (C=O) groups excluding carboxylic acids is 1. The third-order valence-corrected chi connectivity index (χ3v) is 8.81. The second kappa shape index (κ2) is 10.9. The van der Waals surface area contributed by atoms with Crippen LogP contribution in [0, 0.1) is 0 Å². The van der Waals surface area contributed by atoms with Gasteiger partial charge in [0.25, 0.3) is 5.91 Å². The molecule has 4 aromatic rings. The average Bonchev–Trinajstić information content (AvgIpc) is 3.48. The summed E-state index contributed by atoms with van der Waals surface area (Å²) in [6.45, 7) is 0. The number of aliphatic imine (C=N–C) groups is 1. The topological polar surface area (TPSA) is 45.1 Å². The molecular formula is C32H25N3O2S2. The average molecular weight is 548 g/mol. The number of amides is 1. The van der Waals surface area contributed by atoms with Crippen LogP contribution in [0.4, 0.5) is 17.1 Å². The lowest BCUT2D eigenvalue weighted by molar-refractivity contribution is -0.113. The maximum Gasteiger partial charge on any atom is 0.274 e. The van der Waals surface area contributed by atoms with Gasteiger partial charge < -0.3 is 9.64 Å². The molecule has 0 unspecified atom stereocenters. The highest BCUT2D eigenvalue weighted by molar-refractivity contribution is 8.20. The summed E-state index contributed by atoms with van der Waals surface area (Å²) < 4.78 is 5.42. The van der Waals surface area contributed by atoms with Gasteiger partial charge in [-0.05, 0) is 59.3 Å². The second-order valence-electron chi connectivity index (χ2n) is 8.94. The van der Waals surface area contributed by atoms with Crippen LogP contribution >= 0.6 is 23.5 Å². The molecule has 6 rings (SSSR count). The van der Waals surface area contributed by atoms with Crippen LogP contribution in [0.3, 0.4) is 0 Å². The molecule has 39 heavy (non-hydrogen) atoms. The molecule has 0 N–H and O–H groups in total. The normalized spacial score (nSPS) is 17.9. The fourth-order valence-electron chi connectivity index (χ4n) is 4.36. The Labute approximate surface area is 236 Å². The Morgan fingerprint density at radius 2 is 1.46 bits per heavy atom. The number of fused-ring (bicyclic) bond motifs is 1. The predicted molar refractivity (Wildman–Crippen MR) is 165 cm³/mol. The zero-order chi connectivity index (χ0) is 26.8. The molecule has 0 aromatic heterocycles. The lowest BCUT2D eigenvalue weighted by Crippen LogP contribution is -2.29. The number of carbonyl (C=O) groups is 1. The van der Waals surface area contributed by atoms with Crippen LogP contribution in [-0.4, -0.2) is 25.2 Å². The van der Waals surface area contributed by atoms with Crippen molar-refractivity contribution in [1.82, 2.24) is 0 Å². The molecule has 2 aliphatic heterocycles. The standard InChI is InChI=1S/C32H25N3O2S2/c1-34-27-21-26(37-2)19-20-28(27)38-31(34)29-30(36)35(25-11-7-4-8-12-25)32(39-29)33-24-17-15-23(16-18-24)14-13-22-9-5-3-6-10-22/h3-21H,1-2H3/b14-13+,31-29-,33-32?. The van der Waals surface area contributed by atoms with Gasteiger partial charge in [-0.15, -0.1) is 0 Å². The maximum atomic E-state index is 13.9. The molecule has 2 heterocycles. The minimum Gasteiger partial charge on any atom is -0.497 e. The highest BCUT2D eigenvalue weighted by Crippen LogP contribution is 2.51. The Morgan fingerprint density at radius 3 is 2.15 bits per heavy atom. The quantitative estimate of drug-likeness (QED) is 0.187. The van der Waals surface area contributed by atoms with Gasteiger partial charge in [-0.2, -0.15) is 0 Å². The molecule has 0 aliphatic carbocycles. The van der Waals surface area contributed by atoms with Crippen molar-refractivity contribution in [3.63, 3.8) is 0 Å².